The molecule has 0 spiro atoms. The van der Waals surface area contributed by atoms with Gasteiger partial charge in [0.15, 0.2) is 0 Å². The molecule has 14 heavy (non-hydrogen) atoms. The van der Waals surface area contributed by atoms with Crippen molar-refractivity contribution in [1.29, 1.82) is 5.26 Å². The molecule has 0 aliphatic rings. The van der Waals surface area contributed by atoms with Gasteiger partial charge in [-0.2, -0.15) is 5.26 Å². The molecule has 1 aromatic rings. The molecule has 3 nitrogen and oxygen atoms in total. The molecular formula is C10H14N2OS. The Balaban J connectivity index is 3.16. The Morgan fingerprint density at radius 1 is 1.57 bits per heavy atom. The van der Waals surface area contributed by atoms with Crippen LogP contribution in [0, 0.1) is 18.3 Å². The highest BCUT2D eigenvalue weighted by Gasteiger charge is 2.26. The number of rotatable bonds is 2. The van der Waals surface area contributed by atoms with E-state index in [-0.39, 0.29) is 0 Å². The van der Waals surface area contributed by atoms with Crippen molar-refractivity contribution in [3.63, 3.8) is 0 Å². The van der Waals surface area contributed by atoms with Crippen LogP contribution in [0.15, 0.2) is 0 Å². The molecule has 0 aromatic carbocycles. The minimum atomic E-state index is -0.567. The number of hydrogen-bond acceptors (Lipinski definition) is 4. The van der Waals surface area contributed by atoms with Crippen molar-refractivity contribution in [2.75, 3.05) is 0 Å². The first-order valence-electron chi connectivity index (χ1n) is 4.45. The highest BCUT2D eigenvalue weighted by molar-refractivity contribution is 7.12. The molecule has 0 amide bonds. The van der Waals surface area contributed by atoms with Gasteiger partial charge in [0.1, 0.15) is 10.4 Å². The van der Waals surface area contributed by atoms with Crippen LogP contribution in [0.5, 0.6) is 0 Å². The van der Waals surface area contributed by atoms with Gasteiger partial charge in [-0.1, -0.05) is 0 Å². The summed E-state index contributed by atoms with van der Waals surface area (Å²) in [7, 11) is 0. The van der Waals surface area contributed by atoms with Crippen molar-refractivity contribution < 1.29 is 5.11 Å². The minimum Gasteiger partial charge on any atom is -0.388 e. The van der Waals surface area contributed by atoms with Gasteiger partial charge < -0.3 is 5.11 Å². The monoisotopic (exact) mass is 210 g/mol. The fraction of sp³-hybridized carbons (Fsp3) is 0.600. The predicted octanol–water partition coefficient (Wildman–Crippen LogP) is 2.31. The molecule has 0 aliphatic carbocycles. The summed E-state index contributed by atoms with van der Waals surface area (Å²) >= 11 is 1.42. The standard InChI is InChI=1S/C10H14N2OS/c1-6-8(7(2)13)14-9(12-6)10(3,4)5-11/h7,13H,1-4H3. The summed E-state index contributed by atoms with van der Waals surface area (Å²) < 4.78 is 0. The molecule has 1 aromatic heterocycles. The second kappa shape index (κ2) is 3.68. The van der Waals surface area contributed by atoms with E-state index in [1.54, 1.807) is 6.92 Å². The summed E-state index contributed by atoms with van der Waals surface area (Å²) in [6, 6.07) is 2.20. The van der Waals surface area contributed by atoms with E-state index in [4.69, 9.17) is 5.26 Å². The van der Waals surface area contributed by atoms with Crippen molar-refractivity contribution >= 4 is 11.3 Å². The van der Waals surface area contributed by atoms with E-state index in [1.165, 1.54) is 11.3 Å². The average molecular weight is 210 g/mol. The molecule has 0 fully saturated rings. The molecule has 4 heteroatoms. The Hall–Kier alpha value is -0.920. The van der Waals surface area contributed by atoms with E-state index in [1.807, 2.05) is 20.8 Å². The van der Waals surface area contributed by atoms with Crippen LogP contribution >= 0.6 is 11.3 Å². The molecule has 1 atom stereocenters. The number of hydrogen-bond donors (Lipinski definition) is 1. The Morgan fingerprint density at radius 2 is 2.14 bits per heavy atom. The highest BCUT2D eigenvalue weighted by atomic mass is 32.1. The summed E-state index contributed by atoms with van der Waals surface area (Å²) in [5, 5.41) is 19.2. The Morgan fingerprint density at radius 3 is 2.50 bits per heavy atom. The number of aryl methyl sites for hydroxylation is 1. The van der Waals surface area contributed by atoms with Crippen LogP contribution in [0.25, 0.3) is 0 Å². The summed E-state index contributed by atoms with van der Waals surface area (Å²) in [5.41, 5.74) is 0.256. The number of aliphatic hydroxyl groups excluding tert-OH is 1. The van der Waals surface area contributed by atoms with Crippen molar-refractivity contribution in [3.05, 3.63) is 15.6 Å². The topological polar surface area (TPSA) is 56.9 Å². The molecule has 1 rings (SSSR count). The summed E-state index contributed by atoms with van der Waals surface area (Å²) in [4.78, 5) is 5.16. The number of nitriles is 1. The lowest BCUT2D eigenvalue weighted by molar-refractivity contribution is 0.202. The first kappa shape index (κ1) is 11.2. The van der Waals surface area contributed by atoms with E-state index in [2.05, 4.69) is 11.1 Å². The van der Waals surface area contributed by atoms with Gasteiger partial charge in [0.2, 0.25) is 0 Å². The first-order valence-corrected chi connectivity index (χ1v) is 5.27. The van der Waals surface area contributed by atoms with E-state index < -0.39 is 11.5 Å². The SMILES string of the molecule is Cc1nc(C(C)(C)C#N)sc1C(C)O. The van der Waals surface area contributed by atoms with Gasteiger partial charge in [0.05, 0.1) is 22.7 Å². The van der Waals surface area contributed by atoms with Gasteiger partial charge in [0, 0.05) is 0 Å². The molecule has 0 aliphatic heterocycles. The maximum absolute atomic E-state index is 9.44. The lowest BCUT2D eigenvalue weighted by Crippen LogP contribution is -2.13. The Labute approximate surface area is 88.0 Å². The van der Waals surface area contributed by atoms with Gasteiger partial charge in [-0.15, -0.1) is 11.3 Å². The average Bonchev–Trinajstić information content (AvgIpc) is 2.48. The Kier molecular flexibility index (Phi) is 2.93. The second-order valence-electron chi connectivity index (χ2n) is 3.88. The highest BCUT2D eigenvalue weighted by Crippen LogP contribution is 2.32. The lowest BCUT2D eigenvalue weighted by atomic mass is 9.97. The van der Waals surface area contributed by atoms with Gasteiger partial charge in [-0.3, -0.25) is 0 Å². The van der Waals surface area contributed by atoms with E-state index in [0.29, 0.717) is 0 Å². The van der Waals surface area contributed by atoms with E-state index >= 15 is 0 Å². The van der Waals surface area contributed by atoms with Crippen LogP contribution in [0.2, 0.25) is 0 Å². The summed E-state index contributed by atoms with van der Waals surface area (Å²) in [5.74, 6) is 0. The van der Waals surface area contributed by atoms with Crippen LogP contribution in [0.4, 0.5) is 0 Å². The minimum absolute atomic E-state index is 0.504. The normalized spacial score (nSPS) is 13.7. The largest absolute Gasteiger partial charge is 0.388 e. The van der Waals surface area contributed by atoms with Gasteiger partial charge in [0.25, 0.3) is 0 Å². The van der Waals surface area contributed by atoms with E-state index in [9.17, 15) is 5.11 Å². The number of thiazole rings is 1. The second-order valence-corrected chi connectivity index (χ2v) is 4.91. The molecular weight excluding hydrogens is 196 g/mol. The van der Waals surface area contributed by atoms with Crippen molar-refractivity contribution in [1.82, 2.24) is 4.98 Å². The maximum atomic E-state index is 9.44. The van der Waals surface area contributed by atoms with Crippen LogP contribution in [0.1, 0.15) is 42.5 Å². The smallest absolute Gasteiger partial charge is 0.113 e. The predicted molar refractivity (Wildman–Crippen MR) is 56.1 cm³/mol. The van der Waals surface area contributed by atoms with Crippen LogP contribution < -0.4 is 0 Å². The van der Waals surface area contributed by atoms with Crippen molar-refractivity contribution in [3.8, 4) is 6.07 Å². The van der Waals surface area contributed by atoms with Crippen LogP contribution in [-0.2, 0) is 5.41 Å². The number of nitrogens with zero attached hydrogens (tertiary/aromatic N) is 2. The molecule has 0 bridgehead atoms. The Bertz CT molecular complexity index is 374. The third-order valence-corrected chi connectivity index (χ3v) is 3.68. The fourth-order valence-electron chi connectivity index (χ4n) is 1.11. The van der Waals surface area contributed by atoms with Crippen LogP contribution in [0.3, 0.4) is 0 Å². The molecule has 1 N–H and O–H groups in total. The third kappa shape index (κ3) is 1.94. The molecule has 1 unspecified atom stereocenters. The zero-order valence-corrected chi connectivity index (χ0v) is 9.64. The quantitative estimate of drug-likeness (QED) is 0.814. The zero-order valence-electron chi connectivity index (χ0n) is 8.83. The molecule has 0 radical (unpaired) electrons. The van der Waals surface area contributed by atoms with Crippen molar-refractivity contribution in [2.24, 2.45) is 0 Å². The summed E-state index contributed by atoms with van der Waals surface area (Å²) in [6.07, 6.45) is -0.504. The zero-order chi connectivity index (χ0) is 10.9. The molecule has 1 heterocycles. The van der Waals surface area contributed by atoms with Gasteiger partial charge >= 0.3 is 0 Å². The first-order chi connectivity index (χ1) is 6.38. The van der Waals surface area contributed by atoms with Gasteiger partial charge in [-0.05, 0) is 27.7 Å². The third-order valence-electron chi connectivity index (χ3n) is 2.03. The fourth-order valence-corrected chi connectivity index (χ4v) is 2.17. The number of aliphatic hydroxyl groups is 1. The molecule has 76 valence electrons. The summed E-state index contributed by atoms with van der Waals surface area (Å²) in [6.45, 7) is 7.23. The van der Waals surface area contributed by atoms with Gasteiger partial charge in [-0.25, -0.2) is 4.98 Å². The van der Waals surface area contributed by atoms with Crippen LogP contribution in [-0.4, -0.2) is 10.1 Å². The van der Waals surface area contributed by atoms with E-state index in [0.717, 1.165) is 15.6 Å². The molecule has 0 saturated heterocycles. The molecule has 0 saturated carbocycles. The maximum Gasteiger partial charge on any atom is 0.113 e. The lowest BCUT2D eigenvalue weighted by Gasteiger charge is -2.09. The van der Waals surface area contributed by atoms with Crippen molar-refractivity contribution in [2.45, 2.75) is 39.2 Å². The number of aromatic nitrogens is 1.